The van der Waals surface area contributed by atoms with Gasteiger partial charge in [0.15, 0.2) is 0 Å². The first-order valence-corrected chi connectivity index (χ1v) is 11.3. The maximum atomic E-state index is 13.2. The summed E-state index contributed by atoms with van der Waals surface area (Å²) in [6.45, 7) is 8.60. The van der Waals surface area contributed by atoms with Crippen LogP contribution in [0.1, 0.15) is 31.9 Å². The van der Waals surface area contributed by atoms with Crippen LogP contribution in [0.25, 0.3) is 27.8 Å². The Morgan fingerprint density at radius 1 is 0.903 bits per heavy atom. The fourth-order valence-corrected chi connectivity index (χ4v) is 4.68. The van der Waals surface area contributed by atoms with Crippen LogP contribution in [0.15, 0.2) is 58.3 Å². The summed E-state index contributed by atoms with van der Waals surface area (Å²) in [5.41, 5.74) is 5.11. The third kappa shape index (κ3) is 3.56. The van der Waals surface area contributed by atoms with Gasteiger partial charge >= 0.3 is 5.69 Å². The minimum Gasteiger partial charge on any atom is -0.313 e. The summed E-state index contributed by atoms with van der Waals surface area (Å²) < 4.78 is 5.92. The molecule has 2 aromatic heterocycles. The fraction of sp³-hybridized carbons (Fsp3) is 0.280. The van der Waals surface area contributed by atoms with Crippen molar-refractivity contribution in [2.24, 2.45) is 14.1 Å². The Balaban J connectivity index is 2.13. The number of aryl methyl sites for hydroxylation is 2. The van der Waals surface area contributed by atoms with Gasteiger partial charge < -0.3 is 4.57 Å². The minimum absolute atomic E-state index is 0.0370. The van der Waals surface area contributed by atoms with Crippen LogP contribution in [0.2, 0.25) is 0 Å². The molecular formula is C25H26IN3O2. The molecule has 0 radical (unpaired) electrons. The lowest BCUT2D eigenvalue weighted by Crippen LogP contribution is -2.36. The van der Waals surface area contributed by atoms with Gasteiger partial charge in [-0.15, -0.1) is 0 Å². The predicted octanol–water partition coefficient (Wildman–Crippen LogP) is 4.91. The monoisotopic (exact) mass is 527 g/mol. The van der Waals surface area contributed by atoms with Crippen molar-refractivity contribution in [3.63, 3.8) is 0 Å². The van der Waals surface area contributed by atoms with Gasteiger partial charge in [0.1, 0.15) is 0 Å². The van der Waals surface area contributed by atoms with Gasteiger partial charge in [0.2, 0.25) is 0 Å². The maximum absolute atomic E-state index is 13.2. The summed E-state index contributed by atoms with van der Waals surface area (Å²) in [5.74, 6) is 0. The Morgan fingerprint density at radius 3 is 2.13 bits per heavy atom. The Kier molecular flexibility index (Phi) is 5.24. The van der Waals surface area contributed by atoms with Crippen molar-refractivity contribution < 1.29 is 0 Å². The normalized spacial score (nSPS) is 12.0. The van der Waals surface area contributed by atoms with Gasteiger partial charge in [-0.1, -0.05) is 45.0 Å². The number of halogens is 1. The molecule has 0 aliphatic carbocycles. The van der Waals surface area contributed by atoms with Crippen molar-refractivity contribution in [1.82, 2.24) is 13.7 Å². The van der Waals surface area contributed by atoms with E-state index in [1.54, 1.807) is 11.6 Å². The third-order valence-electron chi connectivity index (χ3n) is 5.88. The molecular weight excluding hydrogens is 501 g/mol. The molecule has 0 unspecified atom stereocenters. The number of aromatic nitrogens is 3. The molecule has 160 valence electrons. The van der Waals surface area contributed by atoms with E-state index in [9.17, 15) is 9.59 Å². The minimum atomic E-state index is -0.330. The molecule has 0 spiro atoms. The Morgan fingerprint density at radius 2 is 1.55 bits per heavy atom. The average Bonchev–Trinajstić information content (AvgIpc) is 3.10. The first kappa shape index (κ1) is 21.6. The number of hydrogen-bond donors (Lipinski definition) is 0. The zero-order valence-corrected chi connectivity index (χ0v) is 20.8. The van der Waals surface area contributed by atoms with Gasteiger partial charge in [-0.25, -0.2) is 4.79 Å². The molecule has 0 fully saturated rings. The first-order valence-electron chi connectivity index (χ1n) is 10.2. The summed E-state index contributed by atoms with van der Waals surface area (Å²) in [6.07, 6.45) is 1.90. The van der Waals surface area contributed by atoms with Crippen molar-refractivity contribution >= 4 is 33.5 Å². The van der Waals surface area contributed by atoms with Crippen LogP contribution in [0.4, 0.5) is 0 Å². The smallest absolute Gasteiger partial charge is 0.313 e. The molecule has 0 aliphatic rings. The van der Waals surface area contributed by atoms with E-state index >= 15 is 0 Å². The average molecular weight is 527 g/mol. The molecule has 0 bridgehead atoms. The first-order chi connectivity index (χ1) is 14.5. The number of rotatable bonds is 2. The highest BCUT2D eigenvalue weighted by molar-refractivity contribution is 14.1. The number of benzene rings is 2. The lowest BCUT2D eigenvalue weighted by Gasteiger charge is -2.19. The topological polar surface area (TPSA) is 48.9 Å². The van der Waals surface area contributed by atoms with Crippen LogP contribution < -0.4 is 11.2 Å². The molecule has 0 amide bonds. The second kappa shape index (κ2) is 7.51. The maximum Gasteiger partial charge on any atom is 0.330 e. The van der Waals surface area contributed by atoms with E-state index in [4.69, 9.17) is 0 Å². The third-order valence-corrected chi connectivity index (χ3v) is 6.55. The van der Waals surface area contributed by atoms with E-state index in [0.29, 0.717) is 10.9 Å². The summed E-state index contributed by atoms with van der Waals surface area (Å²) in [7, 11) is 3.24. The van der Waals surface area contributed by atoms with E-state index in [1.807, 2.05) is 10.8 Å². The fourth-order valence-electron chi connectivity index (χ4n) is 4.03. The molecule has 0 aliphatic heterocycles. The molecule has 5 nitrogen and oxygen atoms in total. The van der Waals surface area contributed by atoms with Crippen molar-refractivity contribution in [3.05, 3.63) is 84.2 Å². The van der Waals surface area contributed by atoms with E-state index in [1.165, 1.54) is 17.2 Å². The molecule has 4 aromatic rings. The van der Waals surface area contributed by atoms with E-state index < -0.39 is 0 Å². The number of fused-ring (bicyclic) bond motifs is 1. The largest absolute Gasteiger partial charge is 0.330 e. The van der Waals surface area contributed by atoms with Crippen LogP contribution in [0.3, 0.4) is 0 Å². The molecule has 4 rings (SSSR count). The second-order valence-electron chi connectivity index (χ2n) is 9.07. The lowest BCUT2D eigenvalue weighted by atomic mass is 9.86. The predicted molar refractivity (Wildman–Crippen MR) is 135 cm³/mol. The van der Waals surface area contributed by atoms with E-state index in [-0.39, 0.29) is 16.7 Å². The Labute approximate surface area is 195 Å². The Hall–Kier alpha value is -2.61. The molecule has 6 heteroatoms. The van der Waals surface area contributed by atoms with E-state index in [2.05, 4.69) is 92.8 Å². The highest BCUT2D eigenvalue weighted by Crippen LogP contribution is 2.33. The second-order valence-corrected chi connectivity index (χ2v) is 10.3. The SMILES string of the molecule is Cc1cc(I)ccc1-n1cc2c(c1-c1ccc(C(C)(C)C)cc1)c(=O)n(C)c(=O)n2C. The van der Waals surface area contributed by atoms with Gasteiger partial charge in [-0.05, 0) is 69.8 Å². The van der Waals surface area contributed by atoms with Crippen LogP contribution in [0, 0.1) is 10.5 Å². The molecule has 2 aromatic carbocycles. The highest BCUT2D eigenvalue weighted by Gasteiger charge is 2.22. The van der Waals surface area contributed by atoms with Crippen LogP contribution in [-0.2, 0) is 19.5 Å². The van der Waals surface area contributed by atoms with Gasteiger partial charge in [0.25, 0.3) is 5.56 Å². The highest BCUT2D eigenvalue weighted by atomic mass is 127. The standard InChI is InChI=1S/C25H26IN3O2/c1-15-13-18(26)11-12-19(15)29-14-20-21(23(30)28(6)24(31)27(20)5)22(29)16-7-9-17(10-8-16)25(2,3)4/h7-14H,1-6H3. The molecule has 0 N–H and O–H groups in total. The van der Waals surface area contributed by atoms with Crippen molar-refractivity contribution in [2.75, 3.05) is 0 Å². The van der Waals surface area contributed by atoms with Crippen molar-refractivity contribution in [3.8, 4) is 16.9 Å². The molecule has 2 heterocycles. The summed E-state index contributed by atoms with van der Waals surface area (Å²) in [4.78, 5) is 25.8. The van der Waals surface area contributed by atoms with Crippen LogP contribution >= 0.6 is 22.6 Å². The van der Waals surface area contributed by atoms with E-state index in [0.717, 1.165) is 26.1 Å². The zero-order chi connectivity index (χ0) is 22.7. The quantitative estimate of drug-likeness (QED) is 0.348. The zero-order valence-electron chi connectivity index (χ0n) is 18.7. The number of nitrogens with zero attached hydrogens (tertiary/aromatic N) is 3. The lowest BCUT2D eigenvalue weighted by molar-refractivity contribution is 0.590. The van der Waals surface area contributed by atoms with Gasteiger partial charge in [-0.2, -0.15) is 0 Å². The van der Waals surface area contributed by atoms with Crippen molar-refractivity contribution in [2.45, 2.75) is 33.1 Å². The van der Waals surface area contributed by atoms with Gasteiger partial charge in [-0.3, -0.25) is 13.9 Å². The van der Waals surface area contributed by atoms with Gasteiger partial charge in [0, 0.05) is 29.5 Å². The van der Waals surface area contributed by atoms with Crippen molar-refractivity contribution in [1.29, 1.82) is 0 Å². The van der Waals surface area contributed by atoms with Crippen LogP contribution in [-0.4, -0.2) is 13.7 Å². The van der Waals surface area contributed by atoms with Crippen LogP contribution in [0.5, 0.6) is 0 Å². The number of hydrogen-bond acceptors (Lipinski definition) is 2. The molecule has 31 heavy (non-hydrogen) atoms. The summed E-state index contributed by atoms with van der Waals surface area (Å²) in [6, 6.07) is 14.6. The molecule has 0 atom stereocenters. The van der Waals surface area contributed by atoms with Gasteiger partial charge in [0.05, 0.1) is 16.6 Å². The molecule has 0 saturated heterocycles. The molecule has 0 saturated carbocycles. The summed E-state index contributed by atoms with van der Waals surface area (Å²) >= 11 is 2.30. The summed E-state index contributed by atoms with van der Waals surface area (Å²) in [5, 5.41) is 0.547. The Bertz CT molecular complexity index is 1430.